The topological polar surface area (TPSA) is 35.6 Å². The van der Waals surface area contributed by atoms with Crippen LogP contribution in [0.2, 0.25) is 0 Å². The molecule has 33 heavy (non-hydrogen) atoms. The molecule has 2 atom stereocenters. The maximum Gasteiger partial charge on any atom is 0.261 e. The Kier molecular flexibility index (Phi) is 5.92. The number of fused-ring (bicyclic) bond motifs is 1. The van der Waals surface area contributed by atoms with E-state index in [1.807, 2.05) is 12.1 Å². The highest BCUT2D eigenvalue weighted by atomic mass is 16.2. The zero-order chi connectivity index (χ0) is 22.8. The minimum absolute atomic E-state index is 0.0225. The molecule has 2 aliphatic heterocycles. The summed E-state index contributed by atoms with van der Waals surface area (Å²) in [5.74, 6) is 0.0225. The van der Waals surface area contributed by atoms with Crippen LogP contribution in [0.25, 0.3) is 0 Å². The van der Waals surface area contributed by atoms with Gasteiger partial charge in [0.2, 0.25) is 0 Å². The van der Waals surface area contributed by atoms with Gasteiger partial charge in [0.1, 0.15) is 17.3 Å². The van der Waals surface area contributed by atoms with Gasteiger partial charge in [-0.15, -0.1) is 0 Å². The first-order valence-electron chi connectivity index (χ1n) is 11.9. The summed E-state index contributed by atoms with van der Waals surface area (Å²) < 4.78 is 0.640. The first kappa shape index (κ1) is 21.7. The summed E-state index contributed by atoms with van der Waals surface area (Å²) in [5, 5.41) is 3.19. The predicted molar refractivity (Wildman–Crippen MR) is 136 cm³/mol. The number of nitrogens with one attached hydrogen (secondary N) is 1. The molecule has 2 aliphatic rings. The van der Waals surface area contributed by atoms with Crippen molar-refractivity contribution in [1.82, 2.24) is 14.7 Å². The molecule has 170 valence electrons. The van der Waals surface area contributed by atoms with Gasteiger partial charge in [0, 0.05) is 37.9 Å². The fraction of sp³-hybridized carbons (Fsp3) is 0.321. The Morgan fingerprint density at radius 1 is 0.879 bits per heavy atom. The van der Waals surface area contributed by atoms with Crippen LogP contribution in [-0.4, -0.2) is 56.2 Å². The van der Waals surface area contributed by atoms with Gasteiger partial charge >= 0.3 is 0 Å². The molecule has 0 bridgehead atoms. The van der Waals surface area contributed by atoms with E-state index in [4.69, 9.17) is 0 Å². The molecule has 5 heteroatoms. The molecule has 2 unspecified atom stereocenters. The van der Waals surface area contributed by atoms with Crippen molar-refractivity contribution >= 4 is 23.0 Å². The highest BCUT2D eigenvalue weighted by Gasteiger charge is 2.45. The summed E-state index contributed by atoms with van der Waals surface area (Å²) in [6.07, 6.45) is 0. The third kappa shape index (κ3) is 3.92. The lowest BCUT2D eigenvalue weighted by Crippen LogP contribution is -2.63. The molecule has 3 aromatic rings. The van der Waals surface area contributed by atoms with E-state index in [9.17, 15) is 4.79 Å². The number of rotatable bonds is 5. The Labute approximate surface area is 196 Å². The van der Waals surface area contributed by atoms with Gasteiger partial charge in [-0.05, 0) is 43.7 Å². The zero-order valence-electron chi connectivity index (χ0n) is 19.6. The third-order valence-corrected chi connectivity index (χ3v) is 7.39. The van der Waals surface area contributed by atoms with E-state index in [2.05, 4.69) is 95.7 Å². The van der Waals surface area contributed by atoms with E-state index < -0.39 is 0 Å². The molecule has 1 fully saturated rings. The maximum atomic E-state index is 12.7. The second kappa shape index (κ2) is 9.00. The van der Waals surface area contributed by atoms with Crippen molar-refractivity contribution in [1.29, 1.82) is 0 Å². The SMILES string of the molecule is Cc1ccccc1N1CCN(CC(C)[N+]2(c3ccccc3)CNC(=O)c3ccccc32)CC1. The molecule has 0 radical (unpaired) electrons. The highest BCUT2D eigenvalue weighted by Crippen LogP contribution is 2.41. The van der Waals surface area contributed by atoms with Crippen molar-refractivity contribution in [2.45, 2.75) is 19.9 Å². The van der Waals surface area contributed by atoms with Crippen LogP contribution in [0.15, 0.2) is 78.9 Å². The number of nitrogens with zero attached hydrogens (tertiary/aromatic N) is 3. The number of para-hydroxylation sites is 3. The number of hydrogen-bond acceptors (Lipinski definition) is 3. The van der Waals surface area contributed by atoms with E-state index in [0.29, 0.717) is 11.2 Å². The minimum Gasteiger partial charge on any atom is -0.369 e. The maximum absolute atomic E-state index is 12.7. The summed E-state index contributed by atoms with van der Waals surface area (Å²) in [7, 11) is 0. The minimum atomic E-state index is 0.0225. The molecule has 0 aliphatic carbocycles. The van der Waals surface area contributed by atoms with Crippen LogP contribution in [0.5, 0.6) is 0 Å². The van der Waals surface area contributed by atoms with Gasteiger partial charge in [-0.1, -0.05) is 48.5 Å². The van der Waals surface area contributed by atoms with Crippen LogP contribution in [0.1, 0.15) is 22.8 Å². The second-order valence-electron chi connectivity index (χ2n) is 9.31. The lowest BCUT2D eigenvalue weighted by atomic mass is 10.0. The molecule has 1 amide bonds. The lowest BCUT2D eigenvalue weighted by Gasteiger charge is -2.47. The van der Waals surface area contributed by atoms with Gasteiger partial charge in [-0.3, -0.25) is 9.69 Å². The summed E-state index contributed by atoms with van der Waals surface area (Å²) in [5.41, 5.74) is 5.79. The van der Waals surface area contributed by atoms with Crippen LogP contribution in [0.3, 0.4) is 0 Å². The number of carbonyl (C=O) groups excluding carboxylic acids is 1. The molecule has 0 aromatic heterocycles. The lowest BCUT2D eigenvalue weighted by molar-refractivity contribution is 0.0893. The Morgan fingerprint density at radius 3 is 2.30 bits per heavy atom. The van der Waals surface area contributed by atoms with Gasteiger partial charge in [-0.2, -0.15) is 0 Å². The van der Waals surface area contributed by atoms with Crippen LogP contribution >= 0.6 is 0 Å². The van der Waals surface area contributed by atoms with E-state index >= 15 is 0 Å². The normalized spacial score (nSPS) is 21.9. The van der Waals surface area contributed by atoms with E-state index in [0.717, 1.165) is 44.0 Å². The standard InChI is InChI=1S/C28H32N4O/c1-22-10-6-8-14-26(22)31-18-16-30(17-19-31)20-23(2)32(24-11-4-3-5-12-24)21-29-28(33)25-13-7-9-15-27(25)32/h3-15,23H,16-21H2,1-2H3/p+1. The molecular formula is C28H33N4O+. The Hall–Kier alpha value is -3.15. The fourth-order valence-electron chi connectivity index (χ4n) is 5.57. The number of benzene rings is 3. The summed E-state index contributed by atoms with van der Waals surface area (Å²) in [4.78, 5) is 17.8. The van der Waals surface area contributed by atoms with Crippen LogP contribution < -0.4 is 14.7 Å². The van der Waals surface area contributed by atoms with Gasteiger partial charge in [0.15, 0.2) is 12.4 Å². The number of anilines is 1. The number of hydrogen-bond donors (Lipinski definition) is 1. The number of quaternary nitrogens is 1. The van der Waals surface area contributed by atoms with Crippen molar-refractivity contribution in [3.8, 4) is 0 Å². The van der Waals surface area contributed by atoms with Crippen molar-refractivity contribution in [3.05, 3.63) is 90.0 Å². The average molecular weight is 442 g/mol. The Balaban J connectivity index is 1.40. The molecule has 2 heterocycles. The summed E-state index contributed by atoms with van der Waals surface area (Å²) in [6, 6.07) is 27.7. The van der Waals surface area contributed by atoms with Crippen molar-refractivity contribution in [2.75, 3.05) is 44.3 Å². The molecule has 5 nitrogen and oxygen atoms in total. The third-order valence-electron chi connectivity index (χ3n) is 7.39. The number of carbonyl (C=O) groups is 1. The van der Waals surface area contributed by atoms with Crippen molar-refractivity contribution < 1.29 is 4.79 Å². The van der Waals surface area contributed by atoms with Gasteiger partial charge in [-0.25, -0.2) is 4.48 Å². The number of piperazine rings is 1. The number of aryl methyl sites for hydroxylation is 1. The smallest absolute Gasteiger partial charge is 0.261 e. The van der Waals surface area contributed by atoms with E-state index in [1.54, 1.807) is 0 Å². The molecule has 0 spiro atoms. The predicted octanol–water partition coefficient (Wildman–Crippen LogP) is 4.55. The average Bonchev–Trinajstić information content (AvgIpc) is 2.86. The molecule has 5 rings (SSSR count). The van der Waals surface area contributed by atoms with Gasteiger partial charge in [0.25, 0.3) is 5.91 Å². The first-order valence-corrected chi connectivity index (χ1v) is 11.9. The highest BCUT2D eigenvalue weighted by molar-refractivity contribution is 6.01. The molecule has 3 aromatic carbocycles. The molecular weight excluding hydrogens is 408 g/mol. The monoisotopic (exact) mass is 441 g/mol. The first-order chi connectivity index (χ1) is 16.1. The van der Waals surface area contributed by atoms with Crippen LogP contribution in [0.4, 0.5) is 17.1 Å². The quantitative estimate of drug-likeness (QED) is 0.590. The van der Waals surface area contributed by atoms with Crippen molar-refractivity contribution in [2.24, 2.45) is 0 Å². The molecule has 0 saturated carbocycles. The largest absolute Gasteiger partial charge is 0.369 e. The van der Waals surface area contributed by atoms with E-state index in [-0.39, 0.29) is 11.9 Å². The molecule has 1 saturated heterocycles. The Bertz CT molecular complexity index is 1120. The van der Waals surface area contributed by atoms with Gasteiger partial charge < -0.3 is 10.2 Å². The molecule has 1 N–H and O–H groups in total. The van der Waals surface area contributed by atoms with E-state index in [1.165, 1.54) is 16.9 Å². The second-order valence-corrected chi connectivity index (χ2v) is 9.31. The zero-order valence-corrected chi connectivity index (χ0v) is 19.6. The fourth-order valence-corrected chi connectivity index (χ4v) is 5.57. The van der Waals surface area contributed by atoms with Crippen molar-refractivity contribution in [3.63, 3.8) is 0 Å². The summed E-state index contributed by atoms with van der Waals surface area (Å²) in [6.45, 7) is 10.2. The van der Waals surface area contributed by atoms with Crippen LogP contribution in [-0.2, 0) is 0 Å². The Morgan fingerprint density at radius 2 is 1.55 bits per heavy atom. The summed E-state index contributed by atoms with van der Waals surface area (Å²) >= 11 is 0. The number of amides is 1. The van der Waals surface area contributed by atoms with Gasteiger partial charge in [0.05, 0.1) is 6.54 Å². The van der Waals surface area contributed by atoms with Crippen LogP contribution in [0, 0.1) is 6.92 Å².